The summed E-state index contributed by atoms with van der Waals surface area (Å²) in [5.74, 6) is -0.640. The van der Waals surface area contributed by atoms with Crippen LogP contribution in [0.2, 0.25) is 0 Å². The normalized spacial score (nSPS) is 39.9. The number of rotatable bonds is 3. The Bertz CT molecular complexity index is 508. The summed E-state index contributed by atoms with van der Waals surface area (Å²) in [5.41, 5.74) is 8.67. The summed E-state index contributed by atoms with van der Waals surface area (Å²) >= 11 is 3.15. The predicted octanol–water partition coefficient (Wildman–Crippen LogP) is -0.204. The standard InChI is InChI=1S/C10H14BrN5O5/c1-10(11)7(14-15-12)16(9(20)13-8(10)19)6-2-4(18)5(3-17)21-6/h4-7,17-18H,2-3H2,1H3,(H,13,19,20)/t4-,5+,6+,7?,10?/m0/s1. The summed E-state index contributed by atoms with van der Waals surface area (Å²) in [5, 5.41) is 24.5. The molecule has 5 atom stereocenters. The number of halogens is 1. The summed E-state index contributed by atoms with van der Waals surface area (Å²) in [7, 11) is 0. The Hall–Kier alpha value is -1.39. The third-order valence-electron chi connectivity index (χ3n) is 3.50. The van der Waals surface area contributed by atoms with Crippen LogP contribution in [-0.4, -0.2) is 62.6 Å². The number of nitrogens with one attached hydrogen (secondary N) is 1. The lowest BCUT2D eigenvalue weighted by molar-refractivity contribution is -0.129. The second-order valence-electron chi connectivity index (χ2n) is 4.94. The van der Waals surface area contributed by atoms with E-state index in [0.717, 1.165) is 4.90 Å². The van der Waals surface area contributed by atoms with E-state index < -0.39 is 47.5 Å². The maximum Gasteiger partial charge on any atom is 0.326 e. The molecule has 2 saturated heterocycles. The van der Waals surface area contributed by atoms with Gasteiger partial charge in [0.05, 0.1) is 12.7 Å². The van der Waals surface area contributed by atoms with Gasteiger partial charge in [-0.15, -0.1) is 0 Å². The monoisotopic (exact) mass is 363 g/mol. The maximum absolute atomic E-state index is 12.0. The van der Waals surface area contributed by atoms with Crippen molar-refractivity contribution in [1.29, 1.82) is 0 Å². The first-order valence-corrected chi connectivity index (χ1v) is 6.93. The Morgan fingerprint density at radius 1 is 1.67 bits per heavy atom. The molecule has 2 heterocycles. The minimum absolute atomic E-state index is 0.0351. The number of carbonyl (C=O) groups is 2. The molecule has 0 radical (unpaired) electrons. The van der Waals surface area contributed by atoms with E-state index in [1.807, 2.05) is 0 Å². The zero-order valence-electron chi connectivity index (χ0n) is 11.0. The topological polar surface area (TPSA) is 148 Å². The van der Waals surface area contributed by atoms with Crippen LogP contribution in [0.1, 0.15) is 13.3 Å². The average molecular weight is 364 g/mol. The van der Waals surface area contributed by atoms with Crippen LogP contribution in [0.25, 0.3) is 10.4 Å². The van der Waals surface area contributed by atoms with E-state index in [1.54, 1.807) is 0 Å². The number of amides is 3. The van der Waals surface area contributed by atoms with Gasteiger partial charge in [-0.2, -0.15) is 0 Å². The van der Waals surface area contributed by atoms with Crippen molar-refractivity contribution in [2.75, 3.05) is 6.61 Å². The summed E-state index contributed by atoms with van der Waals surface area (Å²) in [6, 6.07) is -0.787. The van der Waals surface area contributed by atoms with Gasteiger partial charge in [0.2, 0.25) is 5.91 Å². The molecule has 116 valence electrons. The van der Waals surface area contributed by atoms with Gasteiger partial charge in [-0.1, -0.05) is 21.0 Å². The first-order valence-electron chi connectivity index (χ1n) is 6.14. The number of alkyl halides is 1. The zero-order valence-corrected chi connectivity index (χ0v) is 12.6. The first-order chi connectivity index (χ1) is 9.82. The summed E-state index contributed by atoms with van der Waals surface area (Å²) in [4.78, 5) is 27.6. The van der Waals surface area contributed by atoms with E-state index in [9.17, 15) is 14.7 Å². The number of hydrogen-bond acceptors (Lipinski definition) is 6. The van der Waals surface area contributed by atoms with Crippen molar-refractivity contribution in [3.05, 3.63) is 10.4 Å². The van der Waals surface area contributed by atoms with Crippen molar-refractivity contribution in [1.82, 2.24) is 10.2 Å². The number of azide groups is 1. The fourth-order valence-electron chi connectivity index (χ4n) is 2.32. The Morgan fingerprint density at radius 3 is 2.86 bits per heavy atom. The Morgan fingerprint density at radius 2 is 2.33 bits per heavy atom. The van der Waals surface area contributed by atoms with E-state index in [1.165, 1.54) is 6.92 Å². The molecule has 0 spiro atoms. The van der Waals surface area contributed by atoms with Crippen molar-refractivity contribution in [2.24, 2.45) is 5.11 Å². The van der Waals surface area contributed by atoms with E-state index in [0.29, 0.717) is 0 Å². The third kappa shape index (κ3) is 2.70. The van der Waals surface area contributed by atoms with Crippen molar-refractivity contribution >= 4 is 27.9 Å². The SMILES string of the molecule is CC1(Br)C(=O)NC(=O)N([C@H]2C[C@H](O)[C@@H](CO)O2)C1N=[N+]=[N-]. The number of imide groups is 1. The molecule has 3 N–H and O–H groups in total. The molecule has 2 rings (SSSR count). The van der Waals surface area contributed by atoms with Gasteiger partial charge in [0, 0.05) is 11.3 Å². The van der Waals surface area contributed by atoms with Gasteiger partial charge in [-0.05, 0) is 12.5 Å². The number of aliphatic hydroxyl groups excluding tert-OH is 2. The van der Waals surface area contributed by atoms with E-state index in [2.05, 4.69) is 31.3 Å². The van der Waals surface area contributed by atoms with Crippen LogP contribution in [0, 0.1) is 0 Å². The molecule has 11 heteroatoms. The van der Waals surface area contributed by atoms with Crippen molar-refractivity contribution in [2.45, 2.75) is 42.3 Å². The summed E-state index contributed by atoms with van der Waals surface area (Å²) in [6.07, 6.45) is -3.85. The third-order valence-corrected chi connectivity index (χ3v) is 4.27. The van der Waals surface area contributed by atoms with Crippen LogP contribution in [0.3, 0.4) is 0 Å². The lowest BCUT2D eigenvalue weighted by Gasteiger charge is -2.43. The molecule has 2 unspecified atom stereocenters. The molecule has 2 aliphatic heterocycles. The Kier molecular flexibility index (Phi) is 4.40. The molecule has 0 aromatic carbocycles. The van der Waals surface area contributed by atoms with Crippen LogP contribution in [-0.2, 0) is 9.53 Å². The zero-order chi connectivity index (χ0) is 15.8. The summed E-state index contributed by atoms with van der Waals surface area (Å²) < 4.78 is 4.05. The minimum atomic E-state index is -1.33. The van der Waals surface area contributed by atoms with Gasteiger partial charge in [0.15, 0.2) is 0 Å². The molecule has 2 fully saturated rings. The number of ether oxygens (including phenoxy) is 1. The molecule has 0 aliphatic carbocycles. The Balaban J connectivity index is 2.33. The predicted molar refractivity (Wildman–Crippen MR) is 72.0 cm³/mol. The first kappa shape index (κ1) is 16.0. The highest BCUT2D eigenvalue weighted by atomic mass is 79.9. The lowest BCUT2D eigenvalue weighted by atomic mass is 10.0. The van der Waals surface area contributed by atoms with Crippen molar-refractivity contribution < 1.29 is 24.5 Å². The van der Waals surface area contributed by atoms with Crippen LogP contribution in [0.5, 0.6) is 0 Å². The molecule has 21 heavy (non-hydrogen) atoms. The highest BCUT2D eigenvalue weighted by Crippen LogP contribution is 2.35. The fraction of sp³-hybridized carbons (Fsp3) is 0.800. The molecular formula is C10H14BrN5O5. The molecule has 0 aromatic rings. The van der Waals surface area contributed by atoms with Gasteiger partial charge < -0.3 is 14.9 Å². The van der Waals surface area contributed by atoms with E-state index in [4.69, 9.17) is 15.4 Å². The van der Waals surface area contributed by atoms with Crippen LogP contribution in [0.15, 0.2) is 5.11 Å². The maximum atomic E-state index is 12.0. The van der Waals surface area contributed by atoms with Gasteiger partial charge in [0.25, 0.3) is 0 Å². The highest BCUT2D eigenvalue weighted by molar-refractivity contribution is 9.10. The number of urea groups is 1. The smallest absolute Gasteiger partial charge is 0.326 e. The quantitative estimate of drug-likeness (QED) is 0.274. The van der Waals surface area contributed by atoms with Gasteiger partial charge in [-0.3, -0.25) is 15.0 Å². The minimum Gasteiger partial charge on any atom is -0.394 e. The molecule has 0 aromatic heterocycles. The van der Waals surface area contributed by atoms with Crippen LogP contribution in [0.4, 0.5) is 4.79 Å². The fourth-order valence-corrected chi connectivity index (χ4v) is 2.74. The van der Waals surface area contributed by atoms with Gasteiger partial charge in [0.1, 0.15) is 22.8 Å². The molecule has 10 nitrogen and oxygen atoms in total. The van der Waals surface area contributed by atoms with E-state index >= 15 is 0 Å². The molecule has 0 saturated carbocycles. The number of aliphatic hydroxyl groups is 2. The lowest BCUT2D eigenvalue weighted by Crippen LogP contribution is -2.67. The van der Waals surface area contributed by atoms with Gasteiger partial charge in [-0.25, -0.2) is 4.79 Å². The van der Waals surface area contributed by atoms with E-state index in [-0.39, 0.29) is 6.42 Å². The molecule has 3 amide bonds. The number of carbonyl (C=O) groups excluding carboxylic acids is 2. The van der Waals surface area contributed by atoms with Crippen molar-refractivity contribution in [3.63, 3.8) is 0 Å². The molecule has 0 bridgehead atoms. The number of nitrogens with zero attached hydrogens (tertiary/aromatic N) is 4. The second-order valence-corrected chi connectivity index (χ2v) is 6.58. The second kappa shape index (κ2) is 5.78. The van der Waals surface area contributed by atoms with Crippen LogP contribution < -0.4 is 5.32 Å². The Labute approximate surface area is 127 Å². The van der Waals surface area contributed by atoms with Crippen molar-refractivity contribution in [3.8, 4) is 0 Å². The summed E-state index contributed by atoms with van der Waals surface area (Å²) in [6.45, 7) is 1.04. The van der Waals surface area contributed by atoms with Gasteiger partial charge >= 0.3 is 6.03 Å². The van der Waals surface area contributed by atoms with Crippen LogP contribution >= 0.6 is 15.9 Å². The average Bonchev–Trinajstić information content (AvgIpc) is 2.77. The number of hydrogen-bond donors (Lipinski definition) is 3. The largest absolute Gasteiger partial charge is 0.394 e. The molecule has 2 aliphatic rings. The molecular weight excluding hydrogens is 350 g/mol. The highest BCUT2D eigenvalue weighted by Gasteiger charge is 2.53.